The highest BCUT2D eigenvalue weighted by molar-refractivity contribution is 7.14. The lowest BCUT2D eigenvalue weighted by Crippen LogP contribution is -3.00. The number of hydrogen-bond donors (Lipinski definition) is 1. The molecule has 1 aromatic heterocycles. The maximum absolute atomic E-state index is 5.17. The van der Waals surface area contributed by atoms with E-state index in [-0.39, 0.29) is 17.0 Å². The molecule has 0 radical (unpaired) electrons. The van der Waals surface area contributed by atoms with Gasteiger partial charge in [0.2, 0.25) is 0 Å². The molecular formula is C17H16BrN2OS-. The number of nitrogens with zero attached hydrogens (tertiary/aromatic N) is 1. The van der Waals surface area contributed by atoms with Crippen molar-refractivity contribution < 1.29 is 21.7 Å². The van der Waals surface area contributed by atoms with Gasteiger partial charge in [0.05, 0.1) is 12.8 Å². The van der Waals surface area contributed by atoms with Crippen molar-refractivity contribution in [1.29, 1.82) is 0 Å². The van der Waals surface area contributed by atoms with Crippen LogP contribution in [0.25, 0.3) is 11.3 Å². The monoisotopic (exact) mass is 375 g/mol. The van der Waals surface area contributed by atoms with Crippen molar-refractivity contribution >= 4 is 22.2 Å². The molecule has 3 rings (SSSR count). The topological polar surface area (TPSA) is 34.1 Å². The van der Waals surface area contributed by atoms with Gasteiger partial charge in [-0.15, -0.1) is 11.3 Å². The van der Waals surface area contributed by atoms with Gasteiger partial charge in [0.25, 0.3) is 0 Å². The SMILES string of the molecule is COc1ccc(-c2csc(Nc3ccc(C)cc3)n2)cc1.[Br-]. The molecule has 114 valence electrons. The summed E-state index contributed by atoms with van der Waals surface area (Å²) in [5, 5.41) is 6.27. The summed E-state index contributed by atoms with van der Waals surface area (Å²) in [5.41, 5.74) is 4.36. The largest absolute Gasteiger partial charge is 1.00 e. The molecule has 3 aromatic rings. The first-order valence-electron chi connectivity index (χ1n) is 6.68. The Kier molecular flexibility index (Phi) is 5.57. The fraction of sp³-hybridized carbons (Fsp3) is 0.118. The molecule has 0 amide bonds. The number of nitrogens with one attached hydrogen (secondary N) is 1. The highest BCUT2D eigenvalue weighted by Crippen LogP contribution is 2.28. The van der Waals surface area contributed by atoms with Gasteiger partial charge in [0, 0.05) is 16.6 Å². The molecular weight excluding hydrogens is 360 g/mol. The molecule has 5 heteroatoms. The zero-order valence-corrected chi connectivity index (χ0v) is 14.7. The van der Waals surface area contributed by atoms with Crippen molar-refractivity contribution in [2.75, 3.05) is 12.4 Å². The van der Waals surface area contributed by atoms with Crippen LogP contribution in [0.4, 0.5) is 10.8 Å². The van der Waals surface area contributed by atoms with E-state index in [1.165, 1.54) is 5.56 Å². The lowest BCUT2D eigenvalue weighted by Gasteiger charge is -2.03. The van der Waals surface area contributed by atoms with Crippen molar-refractivity contribution in [2.45, 2.75) is 6.92 Å². The first-order valence-corrected chi connectivity index (χ1v) is 7.56. The van der Waals surface area contributed by atoms with Crippen molar-refractivity contribution in [3.05, 3.63) is 59.5 Å². The molecule has 0 spiro atoms. The van der Waals surface area contributed by atoms with Crippen molar-refractivity contribution in [1.82, 2.24) is 4.98 Å². The van der Waals surface area contributed by atoms with Gasteiger partial charge in [-0.05, 0) is 43.3 Å². The third-order valence-corrected chi connectivity index (χ3v) is 3.95. The molecule has 1 N–H and O–H groups in total. The third-order valence-electron chi connectivity index (χ3n) is 3.19. The van der Waals surface area contributed by atoms with E-state index in [2.05, 4.69) is 46.9 Å². The molecule has 0 unspecified atom stereocenters. The number of rotatable bonds is 4. The second-order valence-corrected chi connectivity index (χ2v) is 5.62. The lowest BCUT2D eigenvalue weighted by molar-refractivity contribution is -0.00000454. The highest BCUT2D eigenvalue weighted by atomic mass is 79.9. The van der Waals surface area contributed by atoms with E-state index in [9.17, 15) is 0 Å². The average Bonchev–Trinajstić information content (AvgIpc) is 2.98. The number of aromatic nitrogens is 1. The van der Waals surface area contributed by atoms with E-state index in [1.54, 1.807) is 18.4 Å². The maximum Gasteiger partial charge on any atom is 0.187 e. The number of halogens is 1. The Hall–Kier alpha value is -1.85. The normalized spacial score (nSPS) is 9.91. The van der Waals surface area contributed by atoms with Gasteiger partial charge in [-0.3, -0.25) is 0 Å². The fourth-order valence-corrected chi connectivity index (χ4v) is 2.73. The lowest BCUT2D eigenvalue weighted by atomic mass is 10.2. The van der Waals surface area contributed by atoms with Crippen LogP contribution in [-0.2, 0) is 0 Å². The molecule has 0 bridgehead atoms. The first-order chi connectivity index (χ1) is 10.2. The Morgan fingerprint density at radius 2 is 1.68 bits per heavy atom. The highest BCUT2D eigenvalue weighted by Gasteiger charge is 2.05. The Balaban J connectivity index is 0.00000176. The zero-order valence-electron chi connectivity index (χ0n) is 12.3. The summed E-state index contributed by atoms with van der Waals surface area (Å²) in [6, 6.07) is 16.2. The van der Waals surface area contributed by atoms with Crippen molar-refractivity contribution in [2.24, 2.45) is 0 Å². The van der Waals surface area contributed by atoms with Gasteiger partial charge < -0.3 is 27.0 Å². The molecule has 0 fully saturated rings. The van der Waals surface area contributed by atoms with Crippen LogP contribution in [0, 0.1) is 6.92 Å². The standard InChI is InChI=1S/C17H16N2OS.BrH/c1-12-3-7-14(8-4-12)18-17-19-16(11-21-17)13-5-9-15(20-2)10-6-13;/h3-11H,1-2H3,(H,18,19);1H/p-1. The van der Waals surface area contributed by atoms with E-state index in [4.69, 9.17) is 4.74 Å². The van der Waals surface area contributed by atoms with Gasteiger partial charge in [0.15, 0.2) is 5.13 Å². The summed E-state index contributed by atoms with van der Waals surface area (Å²) >= 11 is 1.60. The summed E-state index contributed by atoms with van der Waals surface area (Å²) in [5.74, 6) is 0.854. The molecule has 3 nitrogen and oxygen atoms in total. The van der Waals surface area contributed by atoms with E-state index in [0.29, 0.717) is 0 Å². The molecule has 0 saturated heterocycles. The van der Waals surface area contributed by atoms with E-state index < -0.39 is 0 Å². The maximum atomic E-state index is 5.17. The number of anilines is 2. The fourth-order valence-electron chi connectivity index (χ4n) is 1.99. The Morgan fingerprint density at radius 3 is 2.32 bits per heavy atom. The molecule has 22 heavy (non-hydrogen) atoms. The van der Waals surface area contributed by atoms with Crippen molar-refractivity contribution in [3.8, 4) is 17.0 Å². The van der Waals surface area contributed by atoms with Gasteiger partial charge in [-0.1, -0.05) is 17.7 Å². The summed E-state index contributed by atoms with van der Waals surface area (Å²) in [7, 11) is 1.67. The second-order valence-electron chi connectivity index (χ2n) is 4.76. The molecule has 2 aromatic carbocycles. The van der Waals surface area contributed by atoms with Crippen LogP contribution in [0.2, 0.25) is 0 Å². The van der Waals surface area contributed by atoms with Crippen LogP contribution in [0.3, 0.4) is 0 Å². The quantitative estimate of drug-likeness (QED) is 0.755. The van der Waals surface area contributed by atoms with Gasteiger partial charge in [0.1, 0.15) is 5.75 Å². The van der Waals surface area contributed by atoms with E-state index in [0.717, 1.165) is 27.8 Å². The number of ether oxygens (including phenoxy) is 1. The van der Waals surface area contributed by atoms with Crippen LogP contribution >= 0.6 is 11.3 Å². The zero-order chi connectivity index (χ0) is 14.7. The third kappa shape index (κ3) is 3.87. The molecule has 0 aliphatic rings. The number of thiazole rings is 1. The first kappa shape index (κ1) is 16.5. The minimum absolute atomic E-state index is 0. The number of methoxy groups -OCH3 is 1. The molecule has 0 aliphatic heterocycles. The number of benzene rings is 2. The van der Waals surface area contributed by atoms with Crippen LogP contribution in [0.15, 0.2) is 53.9 Å². The molecule has 0 saturated carbocycles. The summed E-state index contributed by atoms with van der Waals surface area (Å²) in [6.07, 6.45) is 0. The van der Waals surface area contributed by atoms with E-state index >= 15 is 0 Å². The van der Waals surface area contributed by atoms with Crippen molar-refractivity contribution in [3.63, 3.8) is 0 Å². The second kappa shape index (κ2) is 7.42. The van der Waals surface area contributed by atoms with Gasteiger partial charge in [-0.2, -0.15) is 0 Å². The van der Waals surface area contributed by atoms with Crippen LogP contribution < -0.4 is 27.0 Å². The van der Waals surface area contributed by atoms with Crippen LogP contribution in [0.1, 0.15) is 5.56 Å². The minimum Gasteiger partial charge on any atom is -1.00 e. The Labute approximate surface area is 144 Å². The average molecular weight is 376 g/mol. The van der Waals surface area contributed by atoms with Gasteiger partial charge >= 0.3 is 0 Å². The van der Waals surface area contributed by atoms with E-state index in [1.807, 2.05) is 24.3 Å². The minimum atomic E-state index is 0. The number of aryl methyl sites for hydroxylation is 1. The van der Waals surface area contributed by atoms with Crippen LogP contribution in [0.5, 0.6) is 5.75 Å². The molecule has 0 atom stereocenters. The smallest absolute Gasteiger partial charge is 0.187 e. The summed E-state index contributed by atoms with van der Waals surface area (Å²) in [4.78, 5) is 4.62. The van der Waals surface area contributed by atoms with Crippen LogP contribution in [-0.4, -0.2) is 12.1 Å². The Morgan fingerprint density at radius 1 is 1.00 bits per heavy atom. The predicted molar refractivity (Wildman–Crippen MR) is 88.6 cm³/mol. The molecule has 0 aliphatic carbocycles. The summed E-state index contributed by atoms with van der Waals surface area (Å²) in [6.45, 7) is 2.08. The summed E-state index contributed by atoms with van der Waals surface area (Å²) < 4.78 is 5.17. The predicted octanol–water partition coefficient (Wildman–Crippen LogP) is 1.87. The van der Waals surface area contributed by atoms with Gasteiger partial charge in [-0.25, -0.2) is 4.98 Å². The number of hydrogen-bond acceptors (Lipinski definition) is 4. The molecule has 1 heterocycles. The Bertz CT molecular complexity index is 723.